The van der Waals surface area contributed by atoms with Gasteiger partial charge in [0.15, 0.2) is 0 Å². The second kappa shape index (κ2) is 5.41. The number of unbranched alkanes of at least 4 members (excludes halogenated alkanes) is 2. The highest BCUT2D eigenvalue weighted by atomic mass is 16.1. The van der Waals surface area contributed by atoms with Gasteiger partial charge >= 0.3 is 0 Å². The van der Waals surface area contributed by atoms with Gasteiger partial charge in [0, 0.05) is 12.3 Å². The average Bonchev–Trinajstić information content (AvgIpc) is 2.85. The van der Waals surface area contributed by atoms with E-state index in [-0.39, 0.29) is 0 Å². The van der Waals surface area contributed by atoms with Crippen LogP contribution in [0.5, 0.6) is 0 Å². The number of carbonyl (C=O) groups is 1. The molecule has 0 saturated heterocycles. The lowest BCUT2D eigenvalue weighted by molar-refractivity contribution is -0.120. The number of ketones is 1. The summed E-state index contributed by atoms with van der Waals surface area (Å²) in [5.74, 6) is 1.83. The summed E-state index contributed by atoms with van der Waals surface area (Å²) in [5.41, 5.74) is 0. The minimum absolute atomic E-state index is 0.477. The van der Waals surface area contributed by atoms with Crippen molar-refractivity contribution in [2.45, 2.75) is 58.8 Å². The van der Waals surface area contributed by atoms with Gasteiger partial charge in [0.2, 0.25) is 0 Å². The maximum absolute atomic E-state index is 11.3. The molecule has 1 heteroatoms. The number of hydrogen-bond acceptors (Lipinski definition) is 1. The van der Waals surface area contributed by atoms with Crippen LogP contribution >= 0.6 is 0 Å². The molecule has 1 fully saturated rings. The van der Waals surface area contributed by atoms with E-state index in [1.807, 2.05) is 0 Å². The highest BCUT2D eigenvalue weighted by molar-refractivity contribution is 5.82. The third-order valence-electron chi connectivity index (χ3n) is 2.74. The van der Waals surface area contributed by atoms with E-state index in [4.69, 9.17) is 0 Å². The van der Waals surface area contributed by atoms with Crippen molar-refractivity contribution in [3.8, 4) is 0 Å². The molecule has 0 spiro atoms. The molecule has 0 heterocycles. The Morgan fingerprint density at radius 2 is 1.92 bits per heavy atom. The molecule has 13 heavy (non-hydrogen) atoms. The summed E-state index contributed by atoms with van der Waals surface area (Å²) in [6.07, 6.45) is 8.18. The first kappa shape index (κ1) is 10.7. The van der Waals surface area contributed by atoms with Gasteiger partial charge in [-0.3, -0.25) is 4.79 Å². The van der Waals surface area contributed by atoms with Crippen molar-refractivity contribution < 1.29 is 4.79 Å². The minimum Gasteiger partial charge on any atom is -0.299 e. The lowest BCUT2D eigenvalue weighted by Gasteiger charge is -2.03. The van der Waals surface area contributed by atoms with Gasteiger partial charge in [0.1, 0.15) is 5.78 Å². The maximum atomic E-state index is 11.3. The van der Waals surface area contributed by atoms with Crippen molar-refractivity contribution in [1.29, 1.82) is 0 Å². The second-order valence-electron chi connectivity index (χ2n) is 4.73. The fraction of sp³-hybridized carbons (Fsp3) is 0.917. The van der Waals surface area contributed by atoms with Crippen molar-refractivity contribution >= 4 is 5.78 Å². The Morgan fingerprint density at radius 3 is 2.46 bits per heavy atom. The van der Waals surface area contributed by atoms with E-state index in [2.05, 4.69) is 13.8 Å². The topological polar surface area (TPSA) is 17.1 Å². The van der Waals surface area contributed by atoms with Crippen molar-refractivity contribution in [3.63, 3.8) is 0 Å². The summed E-state index contributed by atoms with van der Waals surface area (Å²) in [6.45, 7) is 4.52. The first-order chi connectivity index (χ1) is 6.20. The van der Waals surface area contributed by atoms with Crippen LogP contribution in [0.25, 0.3) is 0 Å². The molecule has 0 aromatic carbocycles. The molecule has 76 valence electrons. The Hall–Kier alpha value is -0.330. The molecule has 0 amide bonds. The van der Waals surface area contributed by atoms with Crippen LogP contribution in [-0.4, -0.2) is 5.78 Å². The molecule has 0 aromatic rings. The SMILES string of the molecule is CC(C)CCCCCC(=O)C1CC1. The third kappa shape index (κ3) is 5.07. The van der Waals surface area contributed by atoms with E-state index in [0.29, 0.717) is 11.7 Å². The lowest BCUT2D eigenvalue weighted by Crippen LogP contribution is -1.99. The van der Waals surface area contributed by atoms with E-state index in [1.165, 1.54) is 32.1 Å². The normalized spacial score (nSPS) is 16.5. The number of Topliss-reactive ketones (excluding diaryl/α,β-unsaturated/α-hetero) is 1. The number of rotatable bonds is 7. The van der Waals surface area contributed by atoms with Gasteiger partial charge in [-0.2, -0.15) is 0 Å². The van der Waals surface area contributed by atoms with Crippen LogP contribution in [0, 0.1) is 11.8 Å². The zero-order chi connectivity index (χ0) is 9.68. The highest BCUT2D eigenvalue weighted by Gasteiger charge is 2.28. The molecule has 0 radical (unpaired) electrons. The Morgan fingerprint density at radius 1 is 1.23 bits per heavy atom. The summed E-state index contributed by atoms with van der Waals surface area (Å²) < 4.78 is 0. The largest absolute Gasteiger partial charge is 0.299 e. The van der Waals surface area contributed by atoms with Crippen molar-refractivity contribution in [2.75, 3.05) is 0 Å². The van der Waals surface area contributed by atoms with Crippen LogP contribution in [0.3, 0.4) is 0 Å². The van der Waals surface area contributed by atoms with Gasteiger partial charge in [-0.25, -0.2) is 0 Å². The van der Waals surface area contributed by atoms with E-state index in [0.717, 1.165) is 18.8 Å². The van der Waals surface area contributed by atoms with Gasteiger partial charge in [-0.1, -0.05) is 33.1 Å². The number of carbonyl (C=O) groups excluding carboxylic acids is 1. The molecule has 0 atom stereocenters. The molecule has 0 N–H and O–H groups in total. The standard InChI is InChI=1S/C12H22O/c1-10(2)6-4-3-5-7-12(13)11-8-9-11/h10-11H,3-9H2,1-2H3. The van der Waals surface area contributed by atoms with Crippen LogP contribution in [-0.2, 0) is 4.79 Å². The quantitative estimate of drug-likeness (QED) is 0.550. The fourth-order valence-corrected chi connectivity index (χ4v) is 1.64. The fourth-order valence-electron chi connectivity index (χ4n) is 1.64. The van der Waals surface area contributed by atoms with Crippen LogP contribution < -0.4 is 0 Å². The molecule has 1 saturated carbocycles. The monoisotopic (exact) mass is 182 g/mol. The van der Waals surface area contributed by atoms with Gasteiger partial charge < -0.3 is 0 Å². The first-order valence-electron chi connectivity index (χ1n) is 5.73. The summed E-state index contributed by atoms with van der Waals surface area (Å²) in [6, 6.07) is 0. The highest BCUT2D eigenvalue weighted by Crippen LogP contribution is 2.31. The molecule has 0 aromatic heterocycles. The van der Waals surface area contributed by atoms with Crippen LogP contribution in [0.15, 0.2) is 0 Å². The Bertz CT molecular complexity index is 157. The van der Waals surface area contributed by atoms with E-state index in [1.54, 1.807) is 0 Å². The van der Waals surface area contributed by atoms with E-state index in [9.17, 15) is 4.79 Å². The average molecular weight is 182 g/mol. The predicted molar refractivity (Wildman–Crippen MR) is 55.7 cm³/mol. The van der Waals surface area contributed by atoms with Crippen molar-refractivity contribution in [2.24, 2.45) is 11.8 Å². The van der Waals surface area contributed by atoms with Crippen molar-refractivity contribution in [3.05, 3.63) is 0 Å². The van der Waals surface area contributed by atoms with Gasteiger partial charge in [-0.05, 0) is 25.2 Å². The third-order valence-corrected chi connectivity index (χ3v) is 2.74. The second-order valence-corrected chi connectivity index (χ2v) is 4.73. The summed E-state index contributed by atoms with van der Waals surface area (Å²) in [4.78, 5) is 11.3. The van der Waals surface area contributed by atoms with Crippen LogP contribution in [0.2, 0.25) is 0 Å². The predicted octanol–water partition coefficient (Wildman–Crippen LogP) is 3.57. The van der Waals surface area contributed by atoms with E-state index < -0.39 is 0 Å². The molecule has 1 nitrogen and oxygen atoms in total. The lowest BCUT2D eigenvalue weighted by atomic mass is 10.0. The Balaban J connectivity index is 1.86. The maximum Gasteiger partial charge on any atom is 0.135 e. The zero-order valence-electron chi connectivity index (χ0n) is 9.01. The molecule has 0 bridgehead atoms. The van der Waals surface area contributed by atoms with Gasteiger partial charge in [0.05, 0.1) is 0 Å². The van der Waals surface area contributed by atoms with E-state index >= 15 is 0 Å². The van der Waals surface area contributed by atoms with Crippen LogP contribution in [0.1, 0.15) is 58.8 Å². The van der Waals surface area contributed by atoms with Crippen LogP contribution in [0.4, 0.5) is 0 Å². The summed E-state index contributed by atoms with van der Waals surface area (Å²) >= 11 is 0. The summed E-state index contributed by atoms with van der Waals surface area (Å²) in [5, 5.41) is 0. The Labute approximate surface area is 81.9 Å². The first-order valence-corrected chi connectivity index (χ1v) is 5.73. The number of hydrogen-bond donors (Lipinski definition) is 0. The molecule has 1 aliphatic rings. The Kier molecular flexibility index (Phi) is 4.47. The molecule has 1 rings (SSSR count). The molecule has 0 unspecified atom stereocenters. The van der Waals surface area contributed by atoms with Crippen molar-refractivity contribution in [1.82, 2.24) is 0 Å². The molecular weight excluding hydrogens is 160 g/mol. The van der Waals surface area contributed by atoms with Gasteiger partial charge in [0.25, 0.3) is 0 Å². The zero-order valence-corrected chi connectivity index (χ0v) is 9.01. The minimum atomic E-state index is 0.477. The molecule has 1 aliphatic carbocycles. The summed E-state index contributed by atoms with van der Waals surface area (Å²) in [7, 11) is 0. The molecule has 0 aliphatic heterocycles. The smallest absolute Gasteiger partial charge is 0.135 e. The van der Waals surface area contributed by atoms with Gasteiger partial charge in [-0.15, -0.1) is 0 Å². The molecular formula is C12H22O.